The Morgan fingerprint density at radius 3 is 2.74 bits per heavy atom. The summed E-state index contributed by atoms with van der Waals surface area (Å²) in [5.74, 6) is 1.61. The number of hydrogen-bond donors (Lipinski definition) is 1. The van der Waals surface area contributed by atoms with Crippen LogP contribution in [0.5, 0.6) is 0 Å². The van der Waals surface area contributed by atoms with Gasteiger partial charge in [0.2, 0.25) is 4.96 Å². The highest BCUT2D eigenvalue weighted by molar-refractivity contribution is 7.16. The van der Waals surface area contributed by atoms with E-state index in [0.29, 0.717) is 5.92 Å². The molecule has 0 radical (unpaired) electrons. The van der Waals surface area contributed by atoms with Crippen LogP contribution in [-0.4, -0.2) is 25.4 Å². The Hall–Kier alpha value is -1.01. The van der Waals surface area contributed by atoms with Crippen LogP contribution in [0.3, 0.4) is 0 Å². The zero-order valence-corrected chi connectivity index (χ0v) is 12.4. The van der Waals surface area contributed by atoms with Gasteiger partial charge in [0.25, 0.3) is 0 Å². The minimum absolute atomic E-state index is 0.139. The predicted octanol–water partition coefficient (Wildman–Crippen LogP) is 2.51. The lowest BCUT2D eigenvalue weighted by Crippen LogP contribution is -2.32. The van der Waals surface area contributed by atoms with Gasteiger partial charge in [0.15, 0.2) is 5.82 Å². The lowest BCUT2D eigenvalue weighted by atomic mass is 10.0. The van der Waals surface area contributed by atoms with E-state index in [1.54, 1.807) is 11.3 Å². The number of nitrogens with two attached hydrogens (primary N) is 1. The first kappa shape index (κ1) is 13.0. The van der Waals surface area contributed by atoms with Crippen molar-refractivity contribution in [1.82, 2.24) is 19.8 Å². The Labute approximate surface area is 117 Å². The molecule has 1 aliphatic carbocycles. The van der Waals surface area contributed by atoms with Crippen LogP contribution in [0.1, 0.15) is 62.7 Å². The molecule has 1 fully saturated rings. The molecule has 1 saturated carbocycles. The molecule has 6 heteroatoms. The molecule has 0 saturated heterocycles. The van der Waals surface area contributed by atoms with E-state index in [1.807, 2.05) is 4.52 Å². The SMILES string of the molecule is CC(C)(N)CCc1nn2c(C3CCCC3)nnc2s1. The fraction of sp³-hybridized carbons (Fsp3) is 0.769. The zero-order chi connectivity index (χ0) is 13.5. The number of rotatable bonds is 4. The third-order valence-corrected chi connectivity index (χ3v) is 4.72. The molecule has 2 heterocycles. The first-order valence-electron chi connectivity index (χ1n) is 7.03. The van der Waals surface area contributed by atoms with Gasteiger partial charge in [-0.15, -0.1) is 10.2 Å². The minimum Gasteiger partial charge on any atom is -0.326 e. The maximum Gasteiger partial charge on any atom is 0.234 e. The summed E-state index contributed by atoms with van der Waals surface area (Å²) in [6.45, 7) is 4.11. The summed E-state index contributed by atoms with van der Waals surface area (Å²) in [5, 5.41) is 14.4. The van der Waals surface area contributed by atoms with Gasteiger partial charge in [-0.2, -0.15) is 9.61 Å². The highest BCUT2D eigenvalue weighted by atomic mass is 32.1. The molecule has 0 aliphatic heterocycles. The molecule has 2 aromatic rings. The van der Waals surface area contributed by atoms with Gasteiger partial charge in [-0.05, 0) is 33.1 Å². The monoisotopic (exact) mass is 279 g/mol. The van der Waals surface area contributed by atoms with E-state index in [9.17, 15) is 0 Å². The van der Waals surface area contributed by atoms with Crippen molar-refractivity contribution in [2.45, 2.75) is 63.8 Å². The second-order valence-corrected chi connectivity index (χ2v) is 7.26. The first-order chi connectivity index (χ1) is 9.03. The van der Waals surface area contributed by atoms with E-state index >= 15 is 0 Å². The Bertz CT molecular complexity index is 559. The molecule has 0 bridgehead atoms. The molecule has 104 valence electrons. The first-order valence-corrected chi connectivity index (χ1v) is 7.84. The zero-order valence-electron chi connectivity index (χ0n) is 11.6. The maximum atomic E-state index is 6.02. The lowest BCUT2D eigenvalue weighted by Gasteiger charge is -2.16. The van der Waals surface area contributed by atoms with E-state index in [0.717, 1.165) is 28.6 Å². The van der Waals surface area contributed by atoms with E-state index in [1.165, 1.54) is 25.7 Å². The Balaban J connectivity index is 1.81. The third-order valence-electron chi connectivity index (χ3n) is 3.76. The highest BCUT2D eigenvalue weighted by Gasteiger charge is 2.24. The summed E-state index contributed by atoms with van der Waals surface area (Å²) < 4.78 is 1.96. The quantitative estimate of drug-likeness (QED) is 0.933. The van der Waals surface area contributed by atoms with Crippen LogP contribution in [-0.2, 0) is 6.42 Å². The highest BCUT2D eigenvalue weighted by Crippen LogP contribution is 2.33. The number of aromatic nitrogens is 4. The minimum atomic E-state index is -0.139. The smallest absolute Gasteiger partial charge is 0.234 e. The van der Waals surface area contributed by atoms with Crippen molar-refractivity contribution in [3.05, 3.63) is 10.8 Å². The molecule has 2 N–H and O–H groups in total. The molecule has 3 rings (SSSR count). The summed E-state index contributed by atoms with van der Waals surface area (Å²) in [4.78, 5) is 0.923. The van der Waals surface area contributed by atoms with Crippen LogP contribution in [0.2, 0.25) is 0 Å². The molecule has 0 amide bonds. The summed E-state index contributed by atoms with van der Waals surface area (Å²) in [6, 6.07) is 0. The van der Waals surface area contributed by atoms with Crippen LogP contribution in [0.15, 0.2) is 0 Å². The standard InChI is InChI=1S/C13H21N5S/c1-13(2,14)8-7-10-17-18-11(9-5-3-4-6-9)15-16-12(18)19-10/h9H,3-8,14H2,1-2H3. The Morgan fingerprint density at radius 2 is 2.05 bits per heavy atom. The van der Waals surface area contributed by atoms with Crippen molar-refractivity contribution in [2.24, 2.45) is 5.73 Å². The Kier molecular flexibility index (Phi) is 3.30. The topological polar surface area (TPSA) is 69.1 Å². The molecular weight excluding hydrogens is 258 g/mol. The molecule has 0 atom stereocenters. The number of nitrogens with zero attached hydrogens (tertiary/aromatic N) is 4. The van der Waals surface area contributed by atoms with Crippen LogP contribution in [0.25, 0.3) is 4.96 Å². The van der Waals surface area contributed by atoms with Gasteiger partial charge in [0.05, 0.1) is 0 Å². The van der Waals surface area contributed by atoms with Crippen LogP contribution >= 0.6 is 11.3 Å². The molecular formula is C13H21N5S. The average Bonchev–Trinajstić information content (AvgIpc) is 3.00. The molecule has 1 aliphatic rings. The van der Waals surface area contributed by atoms with Crippen molar-refractivity contribution in [1.29, 1.82) is 0 Å². The number of aryl methyl sites for hydroxylation is 1. The second-order valence-electron chi connectivity index (χ2n) is 6.22. The Morgan fingerprint density at radius 1 is 1.32 bits per heavy atom. The fourth-order valence-corrected chi connectivity index (χ4v) is 3.48. The largest absolute Gasteiger partial charge is 0.326 e. The fourth-order valence-electron chi connectivity index (χ4n) is 2.64. The maximum absolute atomic E-state index is 6.02. The summed E-state index contributed by atoms with van der Waals surface area (Å²) in [5.41, 5.74) is 5.89. The van der Waals surface area contributed by atoms with Gasteiger partial charge < -0.3 is 5.73 Å². The molecule has 0 aromatic carbocycles. The van der Waals surface area contributed by atoms with Gasteiger partial charge in [0.1, 0.15) is 5.01 Å². The summed E-state index contributed by atoms with van der Waals surface area (Å²) in [6.07, 6.45) is 6.92. The molecule has 0 spiro atoms. The van der Waals surface area contributed by atoms with Crippen molar-refractivity contribution in [2.75, 3.05) is 0 Å². The van der Waals surface area contributed by atoms with E-state index in [-0.39, 0.29) is 5.54 Å². The van der Waals surface area contributed by atoms with E-state index < -0.39 is 0 Å². The average molecular weight is 279 g/mol. The summed E-state index contributed by atoms with van der Waals surface area (Å²) >= 11 is 1.64. The normalized spacial score (nSPS) is 17.6. The van der Waals surface area contributed by atoms with Gasteiger partial charge in [0, 0.05) is 17.9 Å². The van der Waals surface area contributed by atoms with Crippen molar-refractivity contribution >= 4 is 16.3 Å². The van der Waals surface area contributed by atoms with Crippen LogP contribution in [0, 0.1) is 0 Å². The molecule has 5 nitrogen and oxygen atoms in total. The van der Waals surface area contributed by atoms with E-state index in [2.05, 4.69) is 29.1 Å². The van der Waals surface area contributed by atoms with Crippen molar-refractivity contribution in [3.8, 4) is 0 Å². The van der Waals surface area contributed by atoms with Crippen molar-refractivity contribution < 1.29 is 0 Å². The summed E-state index contributed by atoms with van der Waals surface area (Å²) in [7, 11) is 0. The van der Waals surface area contributed by atoms with Gasteiger partial charge in [-0.1, -0.05) is 24.2 Å². The van der Waals surface area contributed by atoms with Crippen molar-refractivity contribution in [3.63, 3.8) is 0 Å². The predicted molar refractivity (Wildman–Crippen MR) is 76.5 cm³/mol. The van der Waals surface area contributed by atoms with Gasteiger partial charge >= 0.3 is 0 Å². The number of hydrogen-bond acceptors (Lipinski definition) is 5. The number of fused-ring (bicyclic) bond motifs is 1. The van der Waals surface area contributed by atoms with Gasteiger partial charge in [-0.3, -0.25) is 0 Å². The van der Waals surface area contributed by atoms with Crippen LogP contribution < -0.4 is 5.73 Å². The van der Waals surface area contributed by atoms with Crippen LogP contribution in [0.4, 0.5) is 0 Å². The second kappa shape index (κ2) is 4.83. The third kappa shape index (κ3) is 2.79. The molecule has 0 unspecified atom stereocenters. The molecule has 2 aromatic heterocycles. The van der Waals surface area contributed by atoms with E-state index in [4.69, 9.17) is 5.73 Å². The lowest BCUT2D eigenvalue weighted by molar-refractivity contribution is 0.475. The molecule has 19 heavy (non-hydrogen) atoms. The van der Waals surface area contributed by atoms with Gasteiger partial charge in [-0.25, -0.2) is 0 Å².